The molecule has 0 unspecified atom stereocenters. The van der Waals surface area contributed by atoms with Crippen LogP contribution in [0.15, 0.2) is 18.2 Å². The second kappa shape index (κ2) is 9.60. The van der Waals surface area contributed by atoms with Gasteiger partial charge in [0.2, 0.25) is 0 Å². The van der Waals surface area contributed by atoms with Gasteiger partial charge in [-0.05, 0) is 44.2 Å². The number of thiophene rings is 1. The van der Waals surface area contributed by atoms with Crippen LogP contribution in [0.1, 0.15) is 38.1 Å². The van der Waals surface area contributed by atoms with Crippen LogP contribution >= 0.6 is 35.3 Å². The number of hydrogen-bond donors (Lipinski definition) is 1. The normalized spacial score (nSPS) is 13.3. The fourth-order valence-corrected chi connectivity index (χ4v) is 4.55. The molecule has 0 saturated carbocycles. The third-order valence-electron chi connectivity index (χ3n) is 4.36. The van der Waals surface area contributed by atoms with E-state index in [1.807, 2.05) is 7.05 Å². The molecule has 28 heavy (non-hydrogen) atoms. The number of hydrogen-bond acceptors (Lipinski definition) is 6. The zero-order chi connectivity index (χ0) is 19.6. The number of ether oxygens (including phenoxy) is 2. The third-order valence-corrected chi connectivity index (χ3v) is 5.73. The summed E-state index contributed by atoms with van der Waals surface area (Å²) in [4.78, 5) is 28.6. The van der Waals surface area contributed by atoms with Gasteiger partial charge in [0.15, 0.2) is 0 Å². The monoisotopic (exact) mass is 444 g/mol. The number of methoxy groups -OCH3 is 1. The van der Waals surface area contributed by atoms with Crippen LogP contribution in [0.3, 0.4) is 0 Å². The van der Waals surface area contributed by atoms with E-state index in [2.05, 4.69) is 10.2 Å². The van der Waals surface area contributed by atoms with E-state index in [4.69, 9.17) is 21.1 Å². The Labute approximate surface area is 179 Å². The van der Waals surface area contributed by atoms with Crippen molar-refractivity contribution in [2.24, 2.45) is 0 Å². The molecule has 1 aromatic carbocycles. The summed E-state index contributed by atoms with van der Waals surface area (Å²) in [5.74, 6) is -0.379. The maximum Gasteiger partial charge on any atom is 0.341 e. The van der Waals surface area contributed by atoms with E-state index in [0.29, 0.717) is 26.9 Å². The lowest BCUT2D eigenvalue weighted by atomic mass is 10.0. The Morgan fingerprint density at radius 3 is 2.79 bits per heavy atom. The molecule has 0 atom stereocenters. The fraction of sp³-hybridized carbons (Fsp3) is 0.368. The minimum Gasteiger partial charge on any atom is -0.496 e. The molecule has 0 radical (unpaired) electrons. The van der Waals surface area contributed by atoms with Gasteiger partial charge in [0.1, 0.15) is 10.8 Å². The number of carbonyl (C=O) groups excluding carboxylic acids is 2. The van der Waals surface area contributed by atoms with Crippen molar-refractivity contribution in [3.63, 3.8) is 0 Å². The molecule has 2 heterocycles. The third kappa shape index (κ3) is 4.60. The highest BCUT2D eigenvalue weighted by molar-refractivity contribution is 7.17. The first-order valence-corrected chi connectivity index (χ1v) is 9.79. The molecule has 1 aliphatic heterocycles. The summed E-state index contributed by atoms with van der Waals surface area (Å²) in [7, 11) is 3.52. The summed E-state index contributed by atoms with van der Waals surface area (Å²) in [5, 5.41) is 3.79. The van der Waals surface area contributed by atoms with Gasteiger partial charge in [-0.15, -0.1) is 23.7 Å². The number of nitrogens with one attached hydrogen (secondary N) is 1. The Morgan fingerprint density at radius 1 is 1.36 bits per heavy atom. The highest BCUT2D eigenvalue weighted by Gasteiger charge is 2.29. The number of anilines is 1. The Bertz CT molecular complexity index is 885. The summed E-state index contributed by atoms with van der Waals surface area (Å²) in [6.07, 6.45) is 0.743. The number of halogens is 2. The van der Waals surface area contributed by atoms with Crippen molar-refractivity contribution in [2.45, 2.75) is 19.9 Å². The molecule has 2 aromatic rings. The summed E-state index contributed by atoms with van der Waals surface area (Å²) >= 11 is 7.44. The predicted molar refractivity (Wildman–Crippen MR) is 114 cm³/mol. The number of rotatable bonds is 5. The van der Waals surface area contributed by atoms with Gasteiger partial charge in [-0.2, -0.15) is 0 Å². The van der Waals surface area contributed by atoms with Crippen LogP contribution in [-0.2, 0) is 17.7 Å². The zero-order valence-corrected chi connectivity index (χ0v) is 18.2. The lowest BCUT2D eigenvalue weighted by Crippen LogP contribution is -2.26. The quantitative estimate of drug-likeness (QED) is 0.698. The van der Waals surface area contributed by atoms with E-state index in [-0.39, 0.29) is 24.9 Å². The highest BCUT2D eigenvalue weighted by Crippen LogP contribution is 2.38. The smallest absolute Gasteiger partial charge is 0.341 e. The average molecular weight is 445 g/mol. The van der Waals surface area contributed by atoms with Gasteiger partial charge in [-0.3, -0.25) is 4.79 Å². The molecule has 1 aliphatic rings. The van der Waals surface area contributed by atoms with Gasteiger partial charge >= 0.3 is 5.97 Å². The van der Waals surface area contributed by atoms with Gasteiger partial charge in [-0.1, -0.05) is 11.6 Å². The van der Waals surface area contributed by atoms with Crippen molar-refractivity contribution in [1.82, 2.24) is 4.90 Å². The van der Waals surface area contributed by atoms with Crippen molar-refractivity contribution >= 4 is 52.2 Å². The molecule has 0 aliphatic carbocycles. The molecule has 0 saturated heterocycles. The zero-order valence-electron chi connectivity index (χ0n) is 15.8. The number of likely N-dealkylation sites (N-methyl/N-ethyl adjacent to an activating group) is 1. The molecule has 1 aromatic heterocycles. The van der Waals surface area contributed by atoms with Gasteiger partial charge in [0.05, 0.1) is 24.8 Å². The van der Waals surface area contributed by atoms with Gasteiger partial charge in [0, 0.05) is 23.0 Å². The topological polar surface area (TPSA) is 67.9 Å². The van der Waals surface area contributed by atoms with Crippen molar-refractivity contribution in [1.29, 1.82) is 0 Å². The van der Waals surface area contributed by atoms with Crippen LogP contribution < -0.4 is 10.1 Å². The first kappa shape index (κ1) is 22.5. The standard InChI is InChI=1S/C19H21ClN2O4S.ClH/c1-4-26-19(24)16-12-7-8-22(2)10-15(12)27-18(16)21-17(23)13-9-11(20)5-6-14(13)25-3;/h5-6,9H,4,7-8,10H2,1-3H3,(H,21,23);1H. The Balaban J connectivity index is 0.00000280. The first-order valence-electron chi connectivity index (χ1n) is 8.59. The van der Waals surface area contributed by atoms with Crippen LogP contribution in [0.2, 0.25) is 5.02 Å². The molecule has 0 bridgehead atoms. The molecular formula is C19H22Cl2N2O4S. The maximum atomic E-state index is 12.9. The van der Waals surface area contributed by atoms with Crippen LogP contribution in [0.4, 0.5) is 5.00 Å². The molecule has 6 nitrogen and oxygen atoms in total. The second-order valence-electron chi connectivity index (χ2n) is 6.21. The van der Waals surface area contributed by atoms with Gasteiger partial charge in [-0.25, -0.2) is 4.79 Å². The molecular weight excluding hydrogens is 423 g/mol. The van der Waals surface area contributed by atoms with E-state index < -0.39 is 5.97 Å². The van der Waals surface area contributed by atoms with Crippen LogP contribution in [0.5, 0.6) is 5.75 Å². The molecule has 152 valence electrons. The average Bonchev–Trinajstić information content (AvgIpc) is 2.98. The SMILES string of the molecule is CCOC(=O)c1c(NC(=O)c2cc(Cl)ccc2OC)sc2c1CCN(C)C2.Cl. The molecule has 1 amide bonds. The van der Waals surface area contributed by atoms with E-state index in [0.717, 1.165) is 30.0 Å². The van der Waals surface area contributed by atoms with Crippen molar-refractivity contribution < 1.29 is 19.1 Å². The van der Waals surface area contributed by atoms with E-state index in [1.165, 1.54) is 18.4 Å². The Morgan fingerprint density at radius 2 is 2.11 bits per heavy atom. The summed E-state index contributed by atoms with van der Waals surface area (Å²) in [6, 6.07) is 4.83. The minimum absolute atomic E-state index is 0. The van der Waals surface area contributed by atoms with Gasteiger partial charge in [0.25, 0.3) is 5.91 Å². The van der Waals surface area contributed by atoms with Crippen LogP contribution in [-0.4, -0.2) is 44.1 Å². The molecule has 3 rings (SSSR count). The number of benzene rings is 1. The predicted octanol–water partition coefficient (Wildman–Crippen LogP) is 4.25. The van der Waals surface area contributed by atoms with Gasteiger partial charge < -0.3 is 19.7 Å². The van der Waals surface area contributed by atoms with Crippen molar-refractivity contribution in [3.05, 3.63) is 44.8 Å². The van der Waals surface area contributed by atoms with E-state index in [9.17, 15) is 9.59 Å². The summed E-state index contributed by atoms with van der Waals surface area (Å²) in [6.45, 7) is 3.63. The van der Waals surface area contributed by atoms with Crippen LogP contribution in [0, 0.1) is 0 Å². The van der Waals surface area contributed by atoms with E-state index in [1.54, 1.807) is 25.1 Å². The number of nitrogens with zero attached hydrogens (tertiary/aromatic N) is 1. The van der Waals surface area contributed by atoms with Crippen molar-refractivity contribution in [3.8, 4) is 5.75 Å². The Hall–Kier alpha value is -1.80. The van der Waals surface area contributed by atoms with Crippen molar-refractivity contribution in [2.75, 3.05) is 32.6 Å². The number of amides is 1. The first-order chi connectivity index (χ1) is 12.9. The molecule has 1 N–H and O–H groups in total. The molecule has 0 fully saturated rings. The Kier molecular flexibility index (Phi) is 7.71. The second-order valence-corrected chi connectivity index (χ2v) is 7.76. The number of esters is 1. The van der Waals surface area contributed by atoms with Crippen LogP contribution in [0.25, 0.3) is 0 Å². The fourth-order valence-electron chi connectivity index (χ4n) is 3.07. The number of fused-ring (bicyclic) bond motifs is 1. The number of carbonyl (C=O) groups is 2. The maximum absolute atomic E-state index is 12.9. The lowest BCUT2D eigenvalue weighted by Gasteiger charge is -2.22. The summed E-state index contributed by atoms with van der Waals surface area (Å²) < 4.78 is 10.5. The molecule has 9 heteroatoms. The minimum atomic E-state index is -0.409. The lowest BCUT2D eigenvalue weighted by molar-refractivity contribution is 0.0526. The highest BCUT2D eigenvalue weighted by atomic mass is 35.5. The van der Waals surface area contributed by atoms with E-state index >= 15 is 0 Å². The summed E-state index contributed by atoms with van der Waals surface area (Å²) in [5.41, 5.74) is 1.73. The largest absolute Gasteiger partial charge is 0.496 e. The molecule has 0 spiro atoms.